The van der Waals surface area contributed by atoms with Gasteiger partial charge in [-0.2, -0.15) is 0 Å². The molecule has 0 aromatic heterocycles. The fourth-order valence-corrected chi connectivity index (χ4v) is 3.85. The molecule has 0 bridgehead atoms. The van der Waals surface area contributed by atoms with Crippen LogP contribution in [-0.4, -0.2) is 32.4 Å². The van der Waals surface area contributed by atoms with Crippen molar-refractivity contribution >= 4 is 21.4 Å². The lowest BCUT2D eigenvalue weighted by Gasteiger charge is -2.13. The van der Waals surface area contributed by atoms with Crippen molar-refractivity contribution in [2.24, 2.45) is 5.92 Å². The second-order valence-corrected chi connectivity index (χ2v) is 6.89. The van der Waals surface area contributed by atoms with Crippen LogP contribution in [0.2, 0.25) is 0 Å². The van der Waals surface area contributed by atoms with Gasteiger partial charge in [0.2, 0.25) is 5.91 Å². The summed E-state index contributed by atoms with van der Waals surface area (Å²) in [5, 5.41) is 2.61. The quantitative estimate of drug-likeness (QED) is 0.917. The van der Waals surface area contributed by atoms with Crippen LogP contribution in [-0.2, 0) is 14.6 Å². The summed E-state index contributed by atoms with van der Waals surface area (Å²) in [6.07, 6.45) is 0.319. The lowest BCUT2D eigenvalue weighted by molar-refractivity contribution is -0.119. The van der Waals surface area contributed by atoms with Crippen LogP contribution in [0.15, 0.2) is 18.2 Å². The Morgan fingerprint density at radius 2 is 2.25 bits per heavy atom. The van der Waals surface area contributed by atoms with Gasteiger partial charge in [0, 0.05) is 6.07 Å². The van der Waals surface area contributed by atoms with Gasteiger partial charge in [-0.05, 0) is 25.5 Å². The van der Waals surface area contributed by atoms with Crippen LogP contribution >= 0.6 is 0 Å². The van der Waals surface area contributed by atoms with Crippen LogP contribution in [0.25, 0.3) is 0 Å². The van der Waals surface area contributed by atoms with Crippen LogP contribution in [0.4, 0.5) is 10.1 Å². The molecule has 1 unspecified atom stereocenters. The van der Waals surface area contributed by atoms with E-state index in [1.807, 2.05) is 0 Å². The van der Waals surface area contributed by atoms with Gasteiger partial charge < -0.3 is 10.1 Å². The molecule has 1 N–H and O–H groups in total. The van der Waals surface area contributed by atoms with E-state index in [1.165, 1.54) is 18.2 Å². The van der Waals surface area contributed by atoms with Crippen molar-refractivity contribution in [3.63, 3.8) is 0 Å². The zero-order chi connectivity index (χ0) is 14.8. The Bertz CT molecular complexity index is 615. The predicted octanol–water partition coefficient (Wildman–Crippen LogP) is 1.60. The molecule has 20 heavy (non-hydrogen) atoms. The number of anilines is 1. The van der Waals surface area contributed by atoms with Crippen molar-refractivity contribution in [3.8, 4) is 5.75 Å². The average molecular weight is 301 g/mol. The van der Waals surface area contributed by atoms with Crippen molar-refractivity contribution in [3.05, 3.63) is 24.0 Å². The van der Waals surface area contributed by atoms with Gasteiger partial charge in [-0.3, -0.25) is 4.79 Å². The van der Waals surface area contributed by atoms with Crippen LogP contribution in [0.3, 0.4) is 0 Å². The fourth-order valence-electron chi connectivity index (χ4n) is 2.11. The summed E-state index contributed by atoms with van der Waals surface area (Å²) < 4.78 is 41.1. The highest BCUT2D eigenvalue weighted by Crippen LogP contribution is 2.27. The highest BCUT2D eigenvalue weighted by Gasteiger charge is 2.33. The highest BCUT2D eigenvalue weighted by atomic mass is 32.2. The molecule has 2 rings (SSSR count). The monoisotopic (exact) mass is 301 g/mol. The number of nitrogens with one attached hydrogen (secondary N) is 1. The SMILES string of the molecule is CCOc1cc(F)ccc1NC(=O)C1CCS(=O)(=O)C1. The number of hydrogen-bond donors (Lipinski definition) is 1. The van der Waals surface area contributed by atoms with E-state index >= 15 is 0 Å². The first-order valence-electron chi connectivity index (χ1n) is 6.35. The first-order valence-corrected chi connectivity index (χ1v) is 8.17. The number of hydrogen-bond acceptors (Lipinski definition) is 4. The van der Waals surface area contributed by atoms with Crippen molar-refractivity contribution in [2.45, 2.75) is 13.3 Å². The number of halogens is 1. The van der Waals surface area contributed by atoms with Gasteiger partial charge in [-0.1, -0.05) is 0 Å². The Labute approximate surface area is 117 Å². The van der Waals surface area contributed by atoms with E-state index in [0.29, 0.717) is 18.7 Å². The molecule has 1 amide bonds. The smallest absolute Gasteiger partial charge is 0.228 e. The first kappa shape index (κ1) is 14.8. The lowest BCUT2D eigenvalue weighted by Crippen LogP contribution is -2.24. The molecule has 1 fully saturated rings. The van der Waals surface area contributed by atoms with Gasteiger partial charge in [-0.25, -0.2) is 12.8 Å². The van der Waals surface area contributed by atoms with Crippen molar-refractivity contribution < 1.29 is 22.3 Å². The molecule has 0 spiro atoms. The minimum Gasteiger partial charge on any atom is -0.492 e. The van der Waals surface area contributed by atoms with Crippen LogP contribution in [0.1, 0.15) is 13.3 Å². The third-order valence-corrected chi connectivity index (χ3v) is 4.87. The Hall–Kier alpha value is -1.63. The Kier molecular flexibility index (Phi) is 4.27. The number of amides is 1. The molecule has 0 radical (unpaired) electrons. The standard InChI is InChI=1S/C13H16FNO4S/c1-2-19-12-7-10(14)3-4-11(12)15-13(16)9-5-6-20(17,18)8-9/h3-4,7,9H,2,5-6,8H2,1H3,(H,15,16). The molecule has 7 heteroatoms. The van der Waals surface area contributed by atoms with E-state index in [2.05, 4.69) is 5.32 Å². The normalized spacial score (nSPS) is 20.6. The largest absolute Gasteiger partial charge is 0.492 e. The van der Waals surface area contributed by atoms with Gasteiger partial charge in [0.15, 0.2) is 9.84 Å². The summed E-state index contributed by atoms with van der Waals surface area (Å²) in [5.74, 6) is -1.26. The maximum absolute atomic E-state index is 13.1. The van der Waals surface area contributed by atoms with Crippen molar-refractivity contribution in [1.29, 1.82) is 0 Å². The van der Waals surface area contributed by atoms with E-state index in [9.17, 15) is 17.6 Å². The van der Waals surface area contributed by atoms with Gasteiger partial charge in [-0.15, -0.1) is 0 Å². The number of carbonyl (C=O) groups is 1. The van der Waals surface area contributed by atoms with Crippen molar-refractivity contribution in [2.75, 3.05) is 23.4 Å². The molecule has 1 saturated heterocycles. The Morgan fingerprint density at radius 3 is 2.85 bits per heavy atom. The number of carbonyl (C=O) groups excluding carboxylic acids is 1. The minimum absolute atomic E-state index is 0.0345. The molecule has 1 aromatic carbocycles. The summed E-state index contributed by atoms with van der Waals surface area (Å²) in [6, 6.07) is 3.80. The summed E-state index contributed by atoms with van der Waals surface area (Å²) in [4.78, 5) is 12.0. The molecule has 1 atom stereocenters. The second-order valence-electron chi connectivity index (χ2n) is 4.66. The third kappa shape index (κ3) is 3.47. The molecular weight excluding hydrogens is 285 g/mol. The highest BCUT2D eigenvalue weighted by molar-refractivity contribution is 7.91. The average Bonchev–Trinajstić information content (AvgIpc) is 2.73. The molecule has 1 aliphatic rings. The molecular formula is C13H16FNO4S. The van der Waals surface area contributed by atoms with E-state index in [0.717, 1.165) is 0 Å². The minimum atomic E-state index is -3.11. The summed E-state index contributed by atoms with van der Waals surface area (Å²) in [6.45, 7) is 2.09. The summed E-state index contributed by atoms with van der Waals surface area (Å²) in [7, 11) is -3.11. The van der Waals surface area contributed by atoms with E-state index < -0.39 is 21.6 Å². The molecule has 1 aliphatic heterocycles. The van der Waals surface area contributed by atoms with E-state index in [-0.39, 0.29) is 23.2 Å². The number of sulfone groups is 1. The lowest BCUT2D eigenvalue weighted by atomic mass is 10.1. The second kappa shape index (κ2) is 5.78. The first-order chi connectivity index (χ1) is 9.41. The van der Waals surface area contributed by atoms with Crippen LogP contribution < -0.4 is 10.1 Å². The summed E-state index contributed by atoms with van der Waals surface area (Å²) >= 11 is 0. The molecule has 5 nitrogen and oxygen atoms in total. The van der Waals surface area contributed by atoms with Gasteiger partial charge >= 0.3 is 0 Å². The predicted molar refractivity (Wildman–Crippen MR) is 73.0 cm³/mol. The molecule has 0 aliphatic carbocycles. The zero-order valence-corrected chi connectivity index (χ0v) is 11.9. The van der Waals surface area contributed by atoms with Crippen molar-refractivity contribution in [1.82, 2.24) is 0 Å². The maximum atomic E-state index is 13.1. The van der Waals surface area contributed by atoms with Crippen LogP contribution in [0.5, 0.6) is 5.75 Å². The Morgan fingerprint density at radius 1 is 1.50 bits per heavy atom. The molecule has 1 heterocycles. The van der Waals surface area contributed by atoms with E-state index in [1.54, 1.807) is 6.92 Å². The maximum Gasteiger partial charge on any atom is 0.228 e. The summed E-state index contributed by atoms with van der Waals surface area (Å²) in [5.41, 5.74) is 0.350. The molecule has 0 saturated carbocycles. The van der Waals surface area contributed by atoms with E-state index in [4.69, 9.17) is 4.74 Å². The van der Waals surface area contributed by atoms with Gasteiger partial charge in [0.05, 0.1) is 29.7 Å². The molecule has 1 aromatic rings. The van der Waals surface area contributed by atoms with Crippen LogP contribution in [0, 0.1) is 11.7 Å². The van der Waals surface area contributed by atoms with Gasteiger partial charge in [0.1, 0.15) is 11.6 Å². The Balaban J connectivity index is 2.12. The third-order valence-electron chi connectivity index (χ3n) is 3.10. The zero-order valence-electron chi connectivity index (χ0n) is 11.1. The van der Waals surface area contributed by atoms with Gasteiger partial charge in [0.25, 0.3) is 0 Å². The number of benzene rings is 1. The molecule has 110 valence electrons. The fraction of sp³-hybridized carbons (Fsp3) is 0.462. The number of rotatable bonds is 4. The topological polar surface area (TPSA) is 72.5 Å². The number of ether oxygens (including phenoxy) is 1.